The first kappa shape index (κ1) is 9.74. The number of halogens is 1. The Balaban J connectivity index is 2.67. The van der Waals surface area contributed by atoms with Crippen LogP contribution in [0.2, 0.25) is 0 Å². The number of aliphatic hydroxyl groups excluding tert-OH is 1. The Morgan fingerprint density at radius 2 is 2.00 bits per heavy atom. The van der Waals surface area contributed by atoms with Crippen LogP contribution in [0.15, 0.2) is 33.9 Å². The summed E-state index contributed by atoms with van der Waals surface area (Å²) in [5.74, 6) is 0. The highest BCUT2D eigenvalue weighted by atomic mass is 127. The maximum absolute atomic E-state index is 8.67. The van der Waals surface area contributed by atoms with E-state index in [0.717, 1.165) is 6.42 Å². The van der Waals surface area contributed by atoms with Gasteiger partial charge in [0.15, 0.2) is 0 Å². The summed E-state index contributed by atoms with van der Waals surface area (Å²) in [6.45, 7) is 0.224. The fourth-order valence-corrected chi connectivity index (χ4v) is 1.51. The van der Waals surface area contributed by atoms with Crippen molar-refractivity contribution in [3.63, 3.8) is 0 Å². The molecule has 0 bridgehead atoms. The van der Waals surface area contributed by atoms with Crippen LogP contribution in [0.1, 0.15) is 12.0 Å². The van der Waals surface area contributed by atoms with Crippen LogP contribution >= 0.6 is 22.6 Å². The van der Waals surface area contributed by atoms with Gasteiger partial charge in [0.1, 0.15) is 0 Å². The molecule has 1 aromatic carbocycles. The highest BCUT2D eigenvalue weighted by molar-refractivity contribution is 14.1. The van der Waals surface area contributed by atoms with E-state index >= 15 is 0 Å². The second-order valence-electron chi connectivity index (χ2n) is 2.48. The van der Waals surface area contributed by atoms with Gasteiger partial charge in [0, 0.05) is 13.0 Å². The summed E-state index contributed by atoms with van der Waals surface area (Å²) in [6.07, 6.45) is 2.83. The number of hydrogen-bond acceptors (Lipinski definition) is 1. The summed E-state index contributed by atoms with van der Waals surface area (Å²) in [5.41, 5.74) is 1.19. The second kappa shape index (κ2) is 5.32. The molecule has 1 nitrogen and oxygen atoms in total. The van der Waals surface area contributed by atoms with Crippen molar-refractivity contribution in [2.45, 2.75) is 6.42 Å². The molecule has 0 heterocycles. The zero-order chi connectivity index (χ0) is 8.81. The molecule has 64 valence electrons. The summed E-state index contributed by atoms with van der Waals surface area (Å²) < 4.78 is 1.18. The summed E-state index contributed by atoms with van der Waals surface area (Å²) >= 11 is 2.25. The maximum atomic E-state index is 8.67. The molecule has 0 unspecified atom stereocenters. The zero-order valence-corrected chi connectivity index (χ0v) is 8.86. The molecular formula is C10H11IO. The number of rotatable bonds is 3. The molecule has 1 rings (SSSR count). The van der Waals surface area contributed by atoms with Crippen LogP contribution in [0, 0.1) is 0 Å². The van der Waals surface area contributed by atoms with Crippen molar-refractivity contribution in [3.05, 3.63) is 39.5 Å². The zero-order valence-electron chi connectivity index (χ0n) is 6.70. The van der Waals surface area contributed by atoms with Gasteiger partial charge in [-0.25, -0.2) is 0 Å². The summed E-state index contributed by atoms with van der Waals surface area (Å²) in [7, 11) is 0. The molecule has 1 aromatic rings. The van der Waals surface area contributed by atoms with Crippen molar-refractivity contribution in [1.82, 2.24) is 0 Å². The fourth-order valence-electron chi connectivity index (χ4n) is 0.909. The van der Waals surface area contributed by atoms with Crippen molar-refractivity contribution in [2.24, 2.45) is 0 Å². The average Bonchev–Trinajstić information content (AvgIpc) is 2.06. The third kappa shape index (κ3) is 3.36. The van der Waals surface area contributed by atoms with Gasteiger partial charge in [-0.05, 0) is 37.8 Å². The first-order valence-electron chi connectivity index (χ1n) is 3.85. The molecule has 0 radical (unpaired) electrons. The van der Waals surface area contributed by atoms with Gasteiger partial charge in [-0.15, -0.1) is 0 Å². The maximum Gasteiger partial charge on any atom is 0.0475 e. The van der Waals surface area contributed by atoms with Crippen LogP contribution in [0.25, 0.3) is 6.08 Å². The van der Waals surface area contributed by atoms with Crippen LogP contribution in [0.5, 0.6) is 0 Å². The molecule has 0 fully saturated rings. The van der Waals surface area contributed by atoms with Gasteiger partial charge >= 0.3 is 0 Å². The van der Waals surface area contributed by atoms with E-state index in [0.29, 0.717) is 0 Å². The molecule has 1 N–H and O–H groups in total. The summed E-state index contributed by atoms with van der Waals surface area (Å²) in [6, 6.07) is 10.1. The Bertz CT molecular complexity index is 254. The van der Waals surface area contributed by atoms with Gasteiger partial charge in [-0.2, -0.15) is 0 Å². The number of hydrogen-bond donors (Lipinski definition) is 1. The minimum atomic E-state index is 0.224. The van der Waals surface area contributed by atoms with E-state index < -0.39 is 0 Å². The van der Waals surface area contributed by atoms with E-state index in [4.69, 9.17) is 5.11 Å². The van der Waals surface area contributed by atoms with Gasteiger partial charge in [-0.3, -0.25) is 0 Å². The van der Waals surface area contributed by atoms with Crippen LogP contribution < -0.4 is 0 Å². The first-order chi connectivity index (χ1) is 5.83. The standard InChI is InChI=1S/C10H11IO/c11-10(6-7-12)8-9-4-2-1-3-5-9/h1-5,8,12H,6-7H2/b10-8+. The van der Waals surface area contributed by atoms with E-state index in [2.05, 4.69) is 40.8 Å². The third-order valence-electron chi connectivity index (χ3n) is 1.47. The van der Waals surface area contributed by atoms with E-state index in [9.17, 15) is 0 Å². The topological polar surface area (TPSA) is 20.2 Å². The predicted molar refractivity (Wildman–Crippen MR) is 60.1 cm³/mol. The van der Waals surface area contributed by atoms with E-state index in [1.54, 1.807) is 0 Å². The van der Waals surface area contributed by atoms with Gasteiger partial charge in [0.05, 0.1) is 0 Å². The Hall–Kier alpha value is -0.350. The van der Waals surface area contributed by atoms with Crippen LogP contribution in [0.4, 0.5) is 0 Å². The Morgan fingerprint density at radius 1 is 1.33 bits per heavy atom. The number of benzene rings is 1. The molecule has 0 saturated heterocycles. The summed E-state index contributed by atoms with van der Waals surface area (Å²) in [4.78, 5) is 0. The van der Waals surface area contributed by atoms with Crippen LogP contribution in [-0.4, -0.2) is 11.7 Å². The lowest BCUT2D eigenvalue weighted by atomic mass is 10.2. The van der Waals surface area contributed by atoms with E-state index in [1.165, 1.54) is 9.14 Å². The lowest BCUT2D eigenvalue weighted by Crippen LogP contribution is -1.80. The minimum Gasteiger partial charge on any atom is -0.396 e. The van der Waals surface area contributed by atoms with Crippen LogP contribution in [0.3, 0.4) is 0 Å². The average molecular weight is 274 g/mol. The Kier molecular flexibility index (Phi) is 4.32. The molecule has 0 amide bonds. The van der Waals surface area contributed by atoms with Gasteiger partial charge in [0.2, 0.25) is 0 Å². The highest BCUT2D eigenvalue weighted by Crippen LogP contribution is 2.15. The SMILES string of the molecule is OCC/C(I)=C\c1ccccc1. The lowest BCUT2D eigenvalue weighted by molar-refractivity contribution is 0.302. The molecule has 12 heavy (non-hydrogen) atoms. The van der Waals surface area contributed by atoms with Crippen molar-refractivity contribution in [3.8, 4) is 0 Å². The van der Waals surface area contributed by atoms with Crippen LogP contribution in [-0.2, 0) is 0 Å². The smallest absolute Gasteiger partial charge is 0.0475 e. The van der Waals surface area contributed by atoms with E-state index in [-0.39, 0.29) is 6.61 Å². The summed E-state index contributed by atoms with van der Waals surface area (Å²) in [5, 5.41) is 8.67. The Morgan fingerprint density at radius 3 is 2.58 bits per heavy atom. The predicted octanol–water partition coefficient (Wildman–Crippen LogP) is 2.84. The van der Waals surface area contributed by atoms with Gasteiger partial charge in [0.25, 0.3) is 0 Å². The van der Waals surface area contributed by atoms with Crippen molar-refractivity contribution in [1.29, 1.82) is 0 Å². The monoisotopic (exact) mass is 274 g/mol. The Labute approximate surface area is 86.3 Å². The van der Waals surface area contributed by atoms with E-state index in [1.807, 2.05) is 18.2 Å². The van der Waals surface area contributed by atoms with Crippen molar-refractivity contribution >= 4 is 28.7 Å². The first-order valence-corrected chi connectivity index (χ1v) is 4.93. The molecule has 0 aliphatic heterocycles. The third-order valence-corrected chi connectivity index (χ3v) is 2.32. The molecule has 2 heteroatoms. The van der Waals surface area contributed by atoms with Crippen molar-refractivity contribution < 1.29 is 5.11 Å². The molecular weight excluding hydrogens is 263 g/mol. The largest absolute Gasteiger partial charge is 0.396 e. The highest BCUT2D eigenvalue weighted by Gasteiger charge is 1.90. The fraction of sp³-hybridized carbons (Fsp3) is 0.200. The molecule has 0 saturated carbocycles. The van der Waals surface area contributed by atoms with Gasteiger partial charge < -0.3 is 5.11 Å². The molecule has 0 aliphatic carbocycles. The molecule has 0 aliphatic rings. The molecule has 0 atom stereocenters. The second-order valence-corrected chi connectivity index (χ2v) is 3.86. The lowest BCUT2D eigenvalue weighted by Gasteiger charge is -1.95. The van der Waals surface area contributed by atoms with Crippen molar-refractivity contribution in [2.75, 3.05) is 6.61 Å². The quantitative estimate of drug-likeness (QED) is 0.840. The number of aliphatic hydroxyl groups is 1. The normalized spacial score (nSPS) is 11.7. The molecule has 0 spiro atoms. The van der Waals surface area contributed by atoms with Gasteiger partial charge in [-0.1, -0.05) is 30.3 Å². The minimum absolute atomic E-state index is 0.224. The molecule has 0 aromatic heterocycles.